The van der Waals surface area contributed by atoms with E-state index in [1.54, 1.807) is 12.1 Å². The molecule has 1 aromatic carbocycles. The maximum absolute atomic E-state index is 12.8. The molecule has 0 aromatic heterocycles. The van der Waals surface area contributed by atoms with E-state index in [-0.39, 0.29) is 30.1 Å². The number of likely N-dealkylation sites (tertiary alicyclic amines) is 1. The molecule has 1 aliphatic carbocycles. The molecule has 1 aromatic rings. The molecule has 4 atom stereocenters. The molecule has 3 rings (SSSR count). The summed E-state index contributed by atoms with van der Waals surface area (Å²) in [7, 11) is 1.50. The predicted octanol–water partition coefficient (Wildman–Crippen LogP) is 3.91. The van der Waals surface area contributed by atoms with Crippen molar-refractivity contribution in [3.05, 3.63) is 46.5 Å². The molecule has 33 heavy (non-hydrogen) atoms. The molecule has 2 aliphatic rings. The topological polar surface area (TPSA) is 98.1 Å². The highest BCUT2D eigenvalue weighted by Crippen LogP contribution is 2.47. The monoisotopic (exact) mass is 455 g/mol. The summed E-state index contributed by atoms with van der Waals surface area (Å²) in [6.45, 7) is 5.88. The number of benzene rings is 1. The fraction of sp³-hybridized carbons (Fsp3) is 0.556. The van der Waals surface area contributed by atoms with Gasteiger partial charge in [-0.1, -0.05) is 62.6 Å². The van der Waals surface area contributed by atoms with E-state index in [1.165, 1.54) is 11.9 Å². The number of nitrogens with zero attached hydrogens (tertiary/aromatic N) is 1. The van der Waals surface area contributed by atoms with Gasteiger partial charge in [0.25, 0.3) is 0 Å². The van der Waals surface area contributed by atoms with Crippen molar-refractivity contribution in [2.24, 2.45) is 23.7 Å². The highest BCUT2D eigenvalue weighted by molar-refractivity contribution is 6.05. The maximum atomic E-state index is 12.8. The summed E-state index contributed by atoms with van der Waals surface area (Å²) in [6.07, 6.45) is 4.52. The molecule has 1 heterocycles. The van der Waals surface area contributed by atoms with E-state index in [2.05, 4.69) is 6.92 Å². The molecule has 0 radical (unpaired) electrons. The number of aliphatic hydroxyl groups excluding tert-OH is 2. The van der Waals surface area contributed by atoms with Crippen LogP contribution < -0.4 is 0 Å². The smallest absolute Gasteiger partial charge is 0.233 e. The summed E-state index contributed by atoms with van der Waals surface area (Å²) in [5, 5.41) is 31.7. The number of rotatable bonds is 9. The average Bonchev–Trinajstić information content (AvgIpc) is 3.01. The molecule has 1 saturated heterocycles. The van der Waals surface area contributed by atoms with Gasteiger partial charge in [0, 0.05) is 18.5 Å². The molecule has 6 heteroatoms. The number of phenolic OH excluding ortho intramolecular Hbond substituents is 1. The van der Waals surface area contributed by atoms with Crippen LogP contribution in [-0.2, 0) is 9.59 Å². The zero-order chi connectivity index (χ0) is 24.3. The number of phenols is 1. The fourth-order valence-electron chi connectivity index (χ4n) is 5.50. The number of carbonyl (C=O) groups is 2. The fourth-order valence-corrected chi connectivity index (χ4v) is 5.50. The lowest BCUT2D eigenvalue weighted by atomic mass is 9.66. The third-order valence-corrected chi connectivity index (χ3v) is 7.20. The van der Waals surface area contributed by atoms with Crippen molar-refractivity contribution in [1.29, 1.82) is 0 Å². The van der Waals surface area contributed by atoms with Crippen LogP contribution in [0.3, 0.4) is 0 Å². The lowest BCUT2D eigenvalue weighted by molar-refractivity contribution is -0.138. The number of hydrogen-bond acceptors (Lipinski definition) is 5. The van der Waals surface area contributed by atoms with Crippen molar-refractivity contribution in [1.82, 2.24) is 4.90 Å². The predicted molar refractivity (Wildman–Crippen MR) is 128 cm³/mol. The first-order valence-electron chi connectivity index (χ1n) is 12.0. The van der Waals surface area contributed by atoms with Crippen molar-refractivity contribution < 1.29 is 24.9 Å². The largest absolute Gasteiger partial charge is 0.507 e. The van der Waals surface area contributed by atoms with E-state index in [4.69, 9.17) is 0 Å². The number of fused-ring (bicyclic) bond motifs is 1. The van der Waals surface area contributed by atoms with Crippen LogP contribution >= 0.6 is 0 Å². The van der Waals surface area contributed by atoms with Crippen molar-refractivity contribution in [2.75, 3.05) is 13.7 Å². The lowest BCUT2D eigenvalue weighted by Crippen LogP contribution is -2.39. The van der Waals surface area contributed by atoms with Crippen LogP contribution in [0.4, 0.5) is 0 Å². The Labute approximate surface area is 196 Å². The van der Waals surface area contributed by atoms with Gasteiger partial charge in [0.1, 0.15) is 5.75 Å². The van der Waals surface area contributed by atoms with Crippen LogP contribution in [0.1, 0.15) is 58.4 Å². The van der Waals surface area contributed by atoms with E-state index >= 15 is 0 Å². The van der Waals surface area contributed by atoms with Gasteiger partial charge in [-0.05, 0) is 43.2 Å². The van der Waals surface area contributed by atoms with Gasteiger partial charge in [0.15, 0.2) is 0 Å². The van der Waals surface area contributed by atoms with Crippen LogP contribution in [0.15, 0.2) is 41.0 Å². The van der Waals surface area contributed by atoms with Crippen molar-refractivity contribution in [3.63, 3.8) is 0 Å². The Balaban J connectivity index is 1.88. The van der Waals surface area contributed by atoms with Crippen molar-refractivity contribution in [2.45, 2.75) is 59.0 Å². The number of hydrogen-bond donors (Lipinski definition) is 3. The Hall–Kier alpha value is -2.44. The minimum Gasteiger partial charge on any atom is -0.507 e. The average molecular weight is 456 g/mol. The van der Waals surface area contributed by atoms with Crippen molar-refractivity contribution >= 4 is 17.9 Å². The van der Waals surface area contributed by atoms with Gasteiger partial charge in [-0.15, -0.1) is 0 Å². The highest BCUT2D eigenvalue weighted by atomic mass is 16.3. The SMILES string of the molecule is CCC/C(=C\c1ccccc1O)CC[C@@H](O)C1=C(C(C)C)C[C@H]2C(=O)N(C)C(=O)[C@H]2[C@H]1CO. The quantitative estimate of drug-likeness (QED) is 0.387. The van der Waals surface area contributed by atoms with E-state index in [0.717, 1.165) is 35.1 Å². The molecule has 0 bridgehead atoms. The highest BCUT2D eigenvalue weighted by Gasteiger charge is 2.53. The van der Waals surface area contributed by atoms with E-state index < -0.39 is 23.9 Å². The molecule has 0 saturated carbocycles. The van der Waals surface area contributed by atoms with Gasteiger partial charge in [0.05, 0.1) is 24.5 Å². The minimum atomic E-state index is -0.807. The van der Waals surface area contributed by atoms with Crippen LogP contribution in [0, 0.1) is 23.7 Å². The van der Waals surface area contributed by atoms with Crippen LogP contribution in [0.2, 0.25) is 0 Å². The van der Waals surface area contributed by atoms with E-state index in [9.17, 15) is 24.9 Å². The van der Waals surface area contributed by atoms with Gasteiger partial charge in [-0.3, -0.25) is 14.5 Å². The van der Waals surface area contributed by atoms with E-state index in [1.807, 2.05) is 32.1 Å². The normalized spacial score (nSPS) is 24.6. The number of imide groups is 1. The molecule has 0 unspecified atom stereocenters. The molecular weight excluding hydrogens is 418 g/mol. The van der Waals surface area contributed by atoms with Crippen LogP contribution in [0.5, 0.6) is 5.75 Å². The minimum absolute atomic E-state index is 0.102. The zero-order valence-corrected chi connectivity index (χ0v) is 20.1. The van der Waals surface area contributed by atoms with Gasteiger partial charge in [0.2, 0.25) is 11.8 Å². The number of aromatic hydroxyl groups is 1. The summed E-state index contributed by atoms with van der Waals surface area (Å²) in [4.78, 5) is 26.6. The van der Waals surface area contributed by atoms with Gasteiger partial charge >= 0.3 is 0 Å². The first kappa shape index (κ1) is 25.2. The number of carbonyl (C=O) groups excluding carboxylic acids is 2. The lowest BCUT2D eigenvalue weighted by Gasteiger charge is -2.38. The summed E-state index contributed by atoms with van der Waals surface area (Å²) < 4.78 is 0. The molecule has 2 amide bonds. The number of para-hydroxylation sites is 1. The molecule has 3 N–H and O–H groups in total. The van der Waals surface area contributed by atoms with Gasteiger partial charge in [-0.25, -0.2) is 0 Å². The second-order valence-electron chi connectivity index (χ2n) is 9.66. The number of aliphatic hydroxyl groups is 2. The van der Waals surface area contributed by atoms with Crippen molar-refractivity contribution in [3.8, 4) is 5.75 Å². The van der Waals surface area contributed by atoms with E-state index in [0.29, 0.717) is 19.3 Å². The Morgan fingerprint density at radius 2 is 1.88 bits per heavy atom. The Bertz CT molecular complexity index is 948. The van der Waals surface area contributed by atoms with Crippen LogP contribution in [0.25, 0.3) is 6.08 Å². The summed E-state index contributed by atoms with van der Waals surface area (Å²) >= 11 is 0. The zero-order valence-electron chi connectivity index (χ0n) is 20.1. The number of allylic oxidation sites excluding steroid dienone is 2. The molecule has 1 fully saturated rings. The van der Waals surface area contributed by atoms with Gasteiger partial charge in [-0.2, -0.15) is 0 Å². The summed E-state index contributed by atoms with van der Waals surface area (Å²) in [6, 6.07) is 7.19. The van der Waals surface area contributed by atoms with Crippen LogP contribution in [-0.4, -0.2) is 51.8 Å². The van der Waals surface area contributed by atoms with Gasteiger partial charge < -0.3 is 15.3 Å². The molecule has 6 nitrogen and oxygen atoms in total. The third-order valence-electron chi connectivity index (χ3n) is 7.20. The second-order valence-corrected chi connectivity index (χ2v) is 9.66. The molecule has 180 valence electrons. The first-order chi connectivity index (χ1) is 15.7. The standard InChI is InChI=1S/C27H37NO5/c1-5-8-17(13-18-9-6-7-10-22(18)30)11-12-23(31)24-19(16(2)3)14-20-25(21(24)15-29)27(33)28(4)26(20)32/h6-7,9-10,13,16,20-21,23,25,29-31H,5,8,11-12,14-15H2,1-4H3/b17-13+/t20-,21+,23-,25-/m1/s1. The Kier molecular flexibility index (Phi) is 8.14. The number of amides is 2. The second kappa shape index (κ2) is 10.7. The third kappa shape index (κ3) is 5.07. The maximum Gasteiger partial charge on any atom is 0.233 e. The Morgan fingerprint density at radius 1 is 1.18 bits per heavy atom. The summed E-state index contributed by atoms with van der Waals surface area (Å²) in [5.74, 6) is -1.73. The Morgan fingerprint density at radius 3 is 2.48 bits per heavy atom. The molecule has 0 spiro atoms. The molecule has 1 aliphatic heterocycles. The first-order valence-corrected chi connectivity index (χ1v) is 12.0. The summed E-state index contributed by atoms with van der Waals surface area (Å²) in [5.41, 5.74) is 3.61. The molecular formula is C27H37NO5.